The molecule has 27 heavy (non-hydrogen) atoms. The van der Waals surface area contributed by atoms with Gasteiger partial charge in [-0.1, -0.05) is 6.07 Å². The summed E-state index contributed by atoms with van der Waals surface area (Å²) in [7, 11) is 0. The largest absolute Gasteiger partial charge is 0.379 e. The fourth-order valence-corrected chi connectivity index (χ4v) is 3.27. The number of ether oxygens (including phenoxy) is 1. The van der Waals surface area contributed by atoms with Gasteiger partial charge < -0.3 is 9.64 Å². The van der Waals surface area contributed by atoms with Crippen LogP contribution in [0.1, 0.15) is 24.0 Å². The van der Waals surface area contributed by atoms with Gasteiger partial charge in [0.25, 0.3) is 0 Å². The van der Waals surface area contributed by atoms with Gasteiger partial charge in [0.1, 0.15) is 0 Å². The number of aryl methyl sites for hydroxylation is 1. The summed E-state index contributed by atoms with van der Waals surface area (Å²) in [5, 5.41) is 0. The summed E-state index contributed by atoms with van der Waals surface area (Å²) in [6.45, 7) is 6.00. The van der Waals surface area contributed by atoms with Gasteiger partial charge >= 0.3 is 0 Å². The van der Waals surface area contributed by atoms with Crippen LogP contribution in [0, 0.1) is 0 Å². The molecule has 0 unspecified atom stereocenters. The molecule has 3 heterocycles. The van der Waals surface area contributed by atoms with E-state index in [9.17, 15) is 4.79 Å². The highest BCUT2D eigenvalue weighted by Gasteiger charge is 2.16. The van der Waals surface area contributed by atoms with Crippen LogP contribution in [0.15, 0.2) is 49.1 Å². The molecule has 1 saturated heterocycles. The maximum Gasteiger partial charge on any atom is 0.223 e. The molecule has 0 aromatic carbocycles. The van der Waals surface area contributed by atoms with Gasteiger partial charge in [-0.05, 0) is 42.2 Å². The van der Waals surface area contributed by atoms with E-state index in [2.05, 4.69) is 14.9 Å². The van der Waals surface area contributed by atoms with Crippen LogP contribution in [0.3, 0.4) is 0 Å². The maximum absolute atomic E-state index is 12.9. The molecule has 0 saturated carbocycles. The second-order valence-electron chi connectivity index (χ2n) is 6.84. The average molecular weight is 368 g/mol. The van der Waals surface area contributed by atoms with E-state index < -0.39 is 0 Å². The molecule has 0 aliphatic carbocycles. The van der Waals surface area contributed by atoms with E-state index in [0.29, 0.717) is 13.0 Å². The number of aromatic nitrogens is 2. The zero-order valence-electron chi connectivity index (χ0n) is 15.8. The van der Waals surface area contributed by atoms with Crippen LogP contribution in [0.5, 0.6) is 0 Å². The van der Waals surface area contributed by atoms with Crippen molar-refractivity contribution in [2.75, 3.05) is 39.4 Å². The number of pyridine rings is 2. The molecule has 1 amide bonds. The molecule has 0 N–H and O–H groups in total. The van der Waals surface area contributed by atoms with Crippen molar-refractivity contribution in [1.82, 2.24) is 19.8 Å². The predicted octanol–water partition coefficient (Wildman–Crippen LogP) is 2.16. The number of hydrogen-bond acceptors (Lipinski definition) is 5. The van der Waals surface area contributed by atoms with E-state index in [-0.39, 0.29) is 5.91 Å². The summed E-state index contributed by atoms with van der Waals surface area (Å²) in [5.74, 6) is 0.192. The smallest absolute Gasteiger partial charge is 0.223 e. The van der Waals surface area contributed by atoms with Crippen LogP contribution in [0.4, 0.5) is 0 Å². The molecule has 2 aromatic rings. The van der Waals surface area contributed by atoms with Crippen LogP contribution in [0.25, 0.3) is 0 Å². The van der Waals surface area contributed by atoms with Crippen molar-refractivity contribution >= 4 is 5.91 Å². The van der Waals surface area contributed by atoms with Crippen molar-refractivity contribution < 1.29 is 9.53 Å². The molecular formula is C21H28N4O2. The SMILES string of the molecule is O=C(CCc1cccnc1)N(CCCN1CCOCC1)Cc1ccncc1. The van der Waals surface area contributed by atoms with Gasteiger partial charge in [-0.3, -0.25) is 19.7 Å². The van der Waals surface area contributed by atoms with Crippen molar-refractivity contribution in [2.45, 2.75) is 25.8 Å². The van der Waals surface area contributed by atoms with E-state index in [1.807, 2.05) is 35.4 Å². The number of carbonyl (C=O) groups is 1. The van der Waals surface area contributed by atoms with Gasteiger partial charge in [0.05, 0.1) is 13.2 Å². The number of morpholine rings is 1. The Balaban J connectivity index is 1.53. The minimum atomic E-state index is 0.192. The standard InChI is InChI=1S/C21H28N4O2/c26-21(5-4-19-3-1-8-23-17-19)25(18-20-6-9-22-10-7-20)12-2-11-24-13-15-27-16-14-24/h1,3,6-10,17H,2,4-5,11-16,18H2. The topological polar surface area (TPSA) is 58.6 Å². The van der Waals surface area contributed by atoms with Gasteiger partial charge in [0, 0.05) is 63.9 Å². The van der Waals surface area contributed by atoms with Gasteiger partial charge in [-0.15, -0.1) is 0 Å². The second-order valence-corrected chi connectivity index (χ2v) is 6.84. The quantitative estimate of drug-likeness (QED) is 0.679. The highest BCUT2D eigenvalue weighted by atomic mass is 16.5. The summed E-state index contributed by atoms with van der Waals surface area (Å²) >= 11 is 0. The van der Waals surface area contributed by atoms with Crippen LogP contribution >= 0.6 is 0 Å². The average Bonchev–Trinajstić information content (AvgIpc) is 2.73. The Bertz CT molecular complexity index is 675. The first-order chi connectivity index (χ1) is 13.3. The summed E-state index contributed by atoms with van der Waals surface area (Å²) in [6.07, 6.45) is 9.36. The highest BCUT2D eigenvalue weighted by Crippen LogP contribution is 2.10. The molecule has 0 spiro atoms. The number of hydrogen-bond donors (Lipinski definition) is 0. The second kappa shape index (κ2) is 10.7. The van der Waals surface area contributed by atoms with Gasteiger partial charge in [0.2, 0.25) is 5.91 Å². The molecule has 144 valence electrons. The van der Waals surface area contributed by atoms with Crippen LogP contribution in [0.2, 0.25) is 0 Å². The van der Waals surface area contributed by atoms with E-state index in [0.717, 1.165) is 63.4 Å². The first-order valence-electron chi connectivity index (χ1n) is 9.67. The third-order valence-corrected chi connectivity index (χ3v) is 4.83. The maximum atomic E-state index is 12.9. The molecular weight excluding hydrogens is 340 g/mol. The first kappa shape index (κ1) is 19.5. The Morgan fingerprint density at radius 3 is 2.63 bits per heavy atom. The molecule has 2 aromatic heterocycles. The van der Waals surface area contributed by atoms with Gasteiger partial charge in [-0.2, -0.15) is 0 Å². The number of amides is 1. The fraction of sp³-hybridized carbons (Fsp3) is 0.476. The normalized spacial score (nSPS) is 14.8. The van der Waals surface area contributed by atoms with E-state index >= 15 is 0 Å². The zero-order chi connectivity index (χ0) is 18.7. The van der Waals surface area contributed by atoms with Crippen molar-refractivity contribution in [3.8, 4) is 0 Å². The molecule has 0 radical (unpaired) electrons. The Hall–Kier alpha value is -2.31. The minimum Gasteiger partial charge on any atom is -0.379 e. The van der Waals surface area contributed by atoms with Crippen LogP contribution < -0.4 is 0 Å². The van der Waals surface area contributed by atoms with E-state index in [1.54, 1.807) is 18.6 Å². The van der Waals surface area contributed by atoms with Crippen LogP contribution in [-0.2, 0) is 22.5 Å². The lowest BCUT2D eigenvalue weighted by Gasteiger charge is -2.28. The Morgan fingerprint density at radius 1 is 1.07 bits per heavy atom. The molecule has 6 nitrogen and oxygen atoms in total. The molecule has 1 aliphatic rings. The predicted molar refractivity (Wildman–Crippen MR) is 104 cm³/mol. The molecule has 0 bridgehead atoms. The van der Waals surface area contributed by atoms with Crippen molar-refractivity contribution in [2.24, 2.45) is 0 Å². The Labute approximate surface area is 161 Å². The summed E-state index contributed by atoms with van der Waals surface area (Å²) in [4.78, 5) is 25.4. The Morgan fingerprint density at radius 2 is 1.89 bits per heavy atom. The third-order valence-electron chi connectivity index (χ3n) is 4.83. The minimum absolute atomic E-state index is 0.192. The van der Waals surface area contributed by atoms with Crippen molar-refractivity contribution in [1.29, 1.82) is 0 Å². The third kappa shape index (κ3) is 6.73. The molecule has 1 aliphatic heterocycles. The van der Waals surface area contributed by atoms with Gasteiger partial charge in [0.15, 0.2) is 0 Å². The molecule has 0 atom stereocenters. The summed E-state index contributed by atoms with van der Waals surface area (Å²) < 4.78 is 5.40. The lowest BCUT2D eigenvalue weighted by atomic mass is 10.1. The fourth-order valence-electron chi connectivity index (χ4n) is 3.27. The van der Waals surface area contributed by atoms with E-state index in [1.165, 1.54) is 0 Å². The first-order valence-corrected chi connectivity index (χ1v) is 9.67. The Kier molecular flexibility index (Phi) is 7.74. The number of rotatable bonds is 9. The number of carbonyl (C=O) groups excluding carboxylic acids is 1. The lowest BCUT2D eigenvalue weighted by molar-refractivity contribution is -0.132. The van der Waals surface area contributed by atoms with Crippen LogP contribution in [-0.4, -0.2) is 65.1 Å². The monoisotopic (exact) mass is 368 g/mol. The van der Waals surface area contributed by atoms with Crippen molar-refractivity contribution in [3.05, 3.63) is 60.2 Å². The van der Waals surface area contributed by atoms with E-state index in [4.69, 9.17) is 4.74 Å². The molecule has 6 heteroatoms. The lowest BCUT2D eigenvalue weighted by Crippen LogP contribution is -2.39. The highest BCUT2D eigenvalue weighted by molar-refractivity contribution is 5.76. The summed E-state index contributed by atoms with van der Waals surface area (Å²) in [6, 6.07) is 7.88. The van der Waals surface area contributed by atoms with Gasteiger partial charge in [-0.25, -0.2) is 0 Å². The molecule has 1 fully saturated rings. The summed E-state index contributed by atoms with van der Waals surface area (Å²) in [5.41, 5.74) is 2.22. The number of nitrogens with zero attached hydrogens (tertiary/aromatic N) is 4. The molecule has 3 rings (SSSR count). The zero-order valence-corrected chi connectivity index (χ0v) is 15.8. The van der Waals surface area contributed by atoms with Crippen molar-refractivity contribution in [3.63, 3.8) is 0 Å².